The van der Waals surface area contributed by atoms with Crippen molar-refractivity contribution in [2.24, 2.45) is 0 Å². The van der Waals surface area contributed by atoms with Crippen LogP contribution < -0.4 is 4.90 Å². The molecule has 0 aromatic heterocycles. The molecule has 43 heavy (non-hydrogen) atoms. The van der Waals surface area contributed by atoms with Gasteiger partial charge < -0.3 is 14.7 Å². The van der Waals surface area contributed by atoms with Gasteiger partial charge >= 0.3 is 5.97 Å². The van der Waals surface area contributed by atoms with Gasteiger partial charge in [0.15, 0.2) is 17.9 Å². The van der Waals surface area contributed by atoms with Crippen LogP contribution in [0, 0.1) is 29.2 Å². The molecule has 9 nitrogen and oxygen atoms in total. The number of anilines is 1. The summed E-state index contributed by atoms with van der Waals surface area (Å²) in [4.78, 5) is 27.8. The number of carbonyl (C=O) groups excluding carboxylic acids is 1. The minimum Gasteiger partial charge on any atom is -0.481 e. The molecule has 2 aromatic rings. The molecular weight excluding hydrogens is 542 g/mol. The monoisotopic (exact) mass is 574 g/mol. The Morgan fingerprint density at radius 2 is 1.91 bits per heavy atom. The molecule has 0 fully saturated rings. The number of hydrogen-bond acceptors (Lipinski definition) is 6. The number of ether oxygens (including phenoxy) is 1. The van der Waals surface area contributed by atoms with E-state index in [4.69, 9.17) is 11.3 Å². The van der Waals surface area contributed by atoms with E-state index in [0.29, 0.717) is 29.8 Å². The Kier molecular flexibility index (Phi) is 8.64. The second-order valence-electron chi connectivity index (χ2n) is 11.3. The van der Waals surface area contributed by atoms with Crippen molar-refractivity contribution in [3.05, 3.63) is 100 Å². The number of fused-ring (bicyclic) bond motifs is 2. The molecule has 0 atom stereocenters. The average Bonchev–Trinajstić information content (AvgIpc) is 3.33. The molecule has 0 spiro atoms. The summed E-state index contributed by atoms with van der Waals surface area (Å²) in [7, 11) is 0. The Morgan fingerprint density at radius 3 is 2.56 bits per heavy atom. The van der Waals surface area contributed by atoms with Crippen molar-refractivity contribution >= 4 is 35.2 Å². The van der Waals surface area contributed by atoms with E-state index in [0.717, 1.165) is 33.9 Å². The Balaban J connectivity index is 1.75. The van der Waals surface area contributed by atoms with Crippen molar-refractivity contribution in [2.75, 3.05) is 24.6 Å². The second kappa shape index (κ2) is 12.2. The van der Waals surface area contributed by atoms with Gasteiger partial charge in [0.1, 0.15) is 13.0 Å². The molecule has 2 heterocycles. The summed E-state index contributed by atoms with van der Waals surface area (Å²) < 4.78 is 6.92. The van der Waals surface area contributed by atoms with Gasteiger partial charge in [0.05, 0.1) is 41.8 Å². The quantitative estimate of drug-likeness (QED) is 0.0947. The lowest BCUT2D eigenvalue weighted by Gasteiger charge is -2.26. The molecule has 4 rings (SSSR count). The molecule has 0 aliphatic carbocycles. The van der Waals surface area contributed by atoms with E-state index < -0.39 is 16.8 Å². The van der Waals surface area contributed by atoms with Crippen molar-refractivity contribution in [3.8, 4) is 12.1 Å². The van der Waals surface area contributed by atoms with Crippen LogP contribution in [0.25, 0.3) is 4.85 Å². The van der Waals surface area contributed by atoms with Gasteiger partial charge in [-0.05, 0) is 74.0 Å². The summed E-state index contributed by atoms with van der Waals surface area (Å²) in [5.74, 6) is -0.915. The van der Waals surface area contributed by atoms with Crippen LogP contribution >= 0.6 is 0 Å². The van der Waals surface area contributed by atoms with E-state index in [2.05, 4.69) is 17.0 Å². The van der Waals surface area contributed by atoms with E-state index in [1.807, 2.05) is 73.6 Å². The number of rotatable bonds is 10. The topological polar surface area (TPSA) is 122 Å². The van der Waals surface area contributed by atoms with Crippen LogP contribution in [0.3, 0.4) is 0 Å². The number of carboxylic acid groups (broad SMARTS) is 1. The highest BCUT2D eigenvalue weighted by atomic mass is 16.5. The molecule has 2 aliphatic heterocycles. The molecule has 2 aromatic carbocycles. The number of aliphatic carboxylic acids is 1. The largest absolute Gasteiger partial charge is 0.481 e. The third-order valence-electron chi connectivity index (χ3n) is 8.05. The van der Waals surface area contributed by atoms with Gasteiger partial charge in [0.25, 0.3) is 6.47 Å². The van der Waals surface area contributed by atoms with Gasteiger partial charge in [-0.2, -0.15) is 15.1 Å². The zero-order valence-corrected chi connectivity index (χ0v) is 24.6. The number of nitrogens with zero attached hydrogens (tertiary/aromatic N) is 5. The van der Waals surface area contributed by atoms with Gasteiger partial charge in [-0.3, -0.25) is 9.59 Å². The fourth-order valence-electron chi connectivity index (χ4n) is 5.83. The van der Waals surface area contributed by atoms with Crippen LogP contribution in [0.1, 0.15) is 50.8 Å². The highest BCUT2D eigenvalue weighted by Gasteiger charge is 2.44. The van der Waals surface area contributed by atoms with E-state index >= 15 is 0 Å². The van der Waals surface area contributed by atoms with E-state index in [1.54, 1.807) is 24.3 Å². The number of allylic oxidation sites excluding steroid dienone is 6. The van der Waals surface area contributed by atoms with Crippen molar-refractivity contribution in [3.63, 3.8) is 0 Å². The van der Waals surface area contributed by atoms with E-state index in [9.17, 15) is 25.2 Å². The maximum absolute atomic E-state index is 11.4. The van der Waals surface area contributed by atoms with E-state index in [-0.39, 0.29) is 19.6 Å². The van der Waals surface area contributed by atoms with Gasteiger partial charge in [-0.1, -0.05) is 13.8 Å². The first-order valence-electron chi connectivity index (χ1n) is 13.8. The normalized spacial score (nSPS) is 17.3. The zero-order valence-electron chi connectivity index (χ0n) is 24.6. The molecule has 0 saturated carbocycles. The Hall–Kier alpha value is -5.46. The number of carbonyl (C=O) groups is 2. The number of hydrogen-bond donors (Lipinski definition) is 1. The molecule has 0 radical (unpaired) electrons. The number of carboxylic acids is 1. The SMILES string of the molecule is [C-]#[N+]c1ccc2c(c1)C(C)(C)C(/C=C/C(C#N)=C/C=C1/N(CCOC=O)c3ccc(C#N)cc3C1(C)C)=[N+]2CCC(=O)O. The predicted molar refractivity (Wildman–Crippen MR) is 162 cm³/mol. The van der Waals surface area contributed by atoms with Crippen molar-refractivity contribution in [1.29, 1.82) is 10.5 Å². The van der Waals surface area contributed by atoms with Gasteiger partial charge in [0.2, 0.25) is 5.69 Å². The number of benzene rings is 2. The van der Waals surface area contributed by atoms with Gasteiger partial charge in [0, 0.05) is 28.4 Å². The van der Waals surface area contributed by atoms with Crippen LogP contribution in [0.4, 0.5) is 17.1 Å². The van der Waals surface area contributed by atoms with Crippen LogP contribution in [0.2, 0.25) is 0 Å². The highest BCUT2D eigenvalue weighted by Crippen LogP contribution is 2.48. The third kappa shape index (κ3) is 5.82. The average molecular weight is 575 g/mol. The fraction of sp³-hybridized carbons (Fsp3) is 0.294. The van der Waals surface area contributed by atoms with Crippen molar-refractivity contribution < 1.29 is 24.0 Å². The third-order valence-corrected chi connectivity index (χ3v) is 8.05. The molecule has 1 N–H and O–H groups in total. The predicted octanol–water partition coefficient (Wildman–Crippen LogP) is 5.82. The number of nitriles is 2. The molecule has 0 bridgehead atoms. The molecule has 216 valence electrons. The summed E-state index contributed by atoms with van der Waals surface area (Å²) in [5.41, 5.74) is 5.72. The Bertz CT molecular complexity index is 1740. The minimum absolute atomic E-state index is 0.0721. The summed E-state index contributed by atoms with van der Waals surface area (Å²) in [6.07, 6.45) is 7.09. The first kappa shape index (κ1) is 30.5. The first-order chi connectivity index (χ1) is 20.5. The lowest BCUT2D eigenvalue weighted by Crippen LogP contribution is -2.29. The smallest absolute Gasteiger partial charge is 0.309 e. The van der Waals surface area contributed by atoms with Gasteiger partial charge in [-0.25, -0.2) is 4.85 Å². The molecule has 0 amide bonds. The summed E-state index contributed by atoms with van der Waals surface area (Å²) in [5, 5.41) is 28.9. The van der Waals surface area contributed by atoms with Crippen molar-refractivity contribution in [1.82, 2.24) is 0 Å². The maximum atomic E-state index is 11.4. The summed E-state index contributed by atoms with van der Waals surface area (Å²) >= 11 is 0. The summed E-state index contributed by atoms with van der Waals surface area (Å²) in [6.45, 7) is 16.8. The van der Waals surface area contributed by atoms with Crippen LogP contribution in [0.5, 0.6) is 0 Å². The second-order valence-corrected chi connectivity index (χ2v) is 11.3. The molecule has 9 heteroatoms. The molecule has 0 unspecified atom stereocenters. The van der Waals surface area contributed by atoms with Crippen LogP contribution in [-0.4, -0.2) is 47.5 Å². The Labute approximate surface area is 251 Å². The Morgan fingerprint density at radius 1 is 1.14 bits per heavy atom. The molecular formula is C34H32N5O4+. The lowest BCUT2D eigenvalue weighted by atomic mass is 9.81. The maximum Gasteiger partial charge on any atom is 0.309 e. The van der Waals surface area contributed by atoms with Crippen LogP contribution in [0.15, 0.2) is 72.0 Å². The lowest BCUT2D eigenvalue weighted by molar-refractivity contribution is -0.436. The molecule has 0 saturated heterocycles. The van der Waals surface area contributed by atoms with Crippen LogP contribution in [-0.2, 0) is 25.2 Å². The van der Waals surface area contributed by atoms with E-state index in [1.165, 1.54) is 0 Å². The van der Waals surface area contributed by atoms with Gasteiger partial charge in [-0.15, -0.1) is 0 Å². The summed E-state index contributed by atoms with van der Waals surface area (Å²) in [6, 6.07) is 15.3. The highest BCUT2D eigenvalue weighted by molar-refractivity contribution is 6.03. The zero-order chi connectivity index (χ0) is 31.4. The minimum atomic E-state index is -0.915. The fourth-order valence-corrected chi connectivity index (χ4v) is 5.83. The van der Waals surface area contributed by atoms with Crippen molar-refractivity contribution in [2.45, 2.75) is 44.9 Å². The standard InChI is InChI=1S/C34H31N5O4/c1-33(2)26-18-24(21-36)6-10-28(26)39(16-17-43-22-40)31(33)13-8-23(20-35)7-12-30-34(3,4)27-19-25(37-5)9-11-29(27)38(30)15-14-32(41)42/h6-13,18-19,22H,14-17H2,1-4H3/p+1. The molecule has 2 aliphatic rings. The first-order valence-corrected chi connectivity index (χ1v) is 13.8.